The van der Waals surface area contributed by atoms with Crippen LogP contribution < -0.4 is 4.74 Å². The topological polar surface area (TPSA) is 83.0 Å². The van der Waals surface area contributed by atoms with Crippen LogP contribution in [0.15, 0.2) is 54.4 Å². The van der Waals surface area contributed by atoms with Crippen LogP contribution >= 0.6 is 0 Å². The van der Waals surface area contributed by atoms with Gasteiger partial charge in [-0.25, -0.2) is 0 Å². The second-order valence-corrected chi connectivity index (χ2v) is 8.57. The molecule has 4 rings (SSSR count). The van der Waals surface area contributed by atoms with Crippen LogP contribution in [0.5, 0.6) is 5.75 Å². The van der Waals surface area contributed by atoms with Gasteiger partial charge < -0.3 is 14.7 Å². The van der Waals surface area contributed by atoms with E-state index in [1.54, 1.807) is 18.3 Å². The largest absolute Gasteiger partial charge is 0.491 e. The second-order valence-electron chi connectivity index (χ2n) is 8.57. The number of likely N-dealkylation sites (tertiary alicyclic amines) is 1. The molecule has 2 aliphatic rings. The summed E-state index contributed by atoms with van der Waals surface area (Å²) in [6.07, 6.45) is 3.48. The van der Waals surface area contributed by atoms with Gasteiger partial charge in [0, 0.05) is 25.9 Å². The van der Waals surface area contributed by atoms with E-state index in [4.69, 9.17) is 4.74 Å². The van der Waals surface area contributed by atoms with Gasteiger partial charge in [0.05, 0.1) is 23.9 Å². The van der Waals surface area contributed by atoms with Gasteiger partial charge >= 0.3 is 0 Å². The zero-order valence-corrected chi connectivity index (χ0v) is 18.5. The molecular formula is C25H29N3O4. The summed E-state index contributed by atoms with van der Waals surface area (Å²) in [6.45, 7) is 5.34. The molecule has 2 aliphatic heterocycles. The van der Waals surface area contributed by atoms with Gasteiger partial charge in [0.25, 0.3) is 11.8 Å². The molecular weight excluding hydrogens is 406 g/mol. The third kappa shape index (κ3) is 4.53. The van der Waals surface area contributed by atoms with E-state index in [1.165, 1.54) is 4.90 Å². The van der Waals surface area contributed by atoms with Crippen molar-refractivity contribution in [3.05, 3.63) is 65.6 Å². The van der Waals surface area contributed by atoms with E-state index in [0.717, 1.165) is 12.8 Å². The molecule has 2 aromatic rings. The number of nitrogens with zero attached hydrogens (tertiary/aromatic N) is 3. The summed E-state index contributed by atoms with van der Waals surface area (Å²) in [5.74, 6) is 0.175. The number of benzene rings is 1. The highest BCUT2D eigenvalue weighted by Gasteiger charge is 2.42. The quantitative estimate of drug-likeness (QED) is 0.674. The third-order valence-electron chi connectivity index (χ3n) is 5.80. The molecule has 0 bridgehead atoms. The molecule has 0 saturated carbocycles. The fraction of sp³-hybridized carbons (Fsp3) is 0.400. The van der Waals surface area contributed by atoms with Crippen LogP contribution in [0.2, 0.25) is 0 Å². The number of carbonyl (C=O) groups is 2. The Morgan fingerprint density at radius 1 is 1.12 bits per heavy atom. The fourth-order valence-electron chi connectivity index (χ4n) is 4.30. The Bertz CT molecular complexity index is 1000. The molecule has 0 radical (unpaired) electrons. The van der Waals surface area contributed by atoms with Crippen LogP contribution in [0, 0.1) is 5.92 Å². The molecule has 7 nitrogen and oxygen atoms in total. The standard InChI is InChI=1S/C25H29N3O4/c1-17(2)32-21-10-8-19(9-11-21)22-23(27-13-5-6-18(14-27)16-29)25(31)28(24(22)30)15-20-7-3-4-12-26-20/h3-4,7-12,17-18,29H,5-6,13-16H2,1-2H3. The second kappa shape index (κ2) is 9.53. The van der Waals surface area contributed by atoms with Crippen molar-refractivity contribution in [2.75, 3.05) is 19.7 Å². The van der Waals surface area contributed by atoms with Gasteiger partial charge in [0.1, 0.15) is 11.4 Å². The molecule has 1 aromatic heterocycles. The maximum Gasteiger partial charge on any atom is 0.278 e. The first-order chi connectivity index (χ1) is 15.5. The lowest BCUT2D eigenvalue weighted by molar-refractivity contribution is -0.138. The first-order valence-corrected chi connectivity index (χ1v) is 11.1. The first-order valence-electron chi connectivity index (χ1n) is 11.1. The predicted octanol–water partition coefficient (Wildman–Crippen LogP) is 2.85. The molecule has 0 spiro atoms. The first kappa shape index (κ1) is 22.0. The molecule has 168 valence electrons. The molecule has 32 heavy (non-hydrogen) atoms. The molecule has 1 N–H and O–H groups in total. The number of piperidine rings is 1. The van der Waals surface area contributed by atoms with E-state index in [-0.39, 0.29) is 37.0 Å². The SMILES string of the molecule is CC(C)Oc1ccc(C2=C(N3CCCC(CO)C3)C(=O)N(Cc3ccccn3)C2=O)cc1. The number of hydrogen-bond donors (Lipinski definition) is 1. The number of ether oxygens (including phenoxy) is 1. The summed E-state index contributed by atoms with van der Waals surface area (Å²) < 4.78 is 5.73. The lowest BCUT2D eigenvalue weighted by Gasteiger charge is -2.34. The highest BCUT2D eigenvalue weighted by atomic mass is 16.5. The summed E-state index contributed by atoms with van der Waals surface area (Å²) in [5, 5.41) is 9.67. The molecule has 7 heteroatoms. The van der Waals surface area contributed by atoms with Gasteiger partial charge in [-0.2, -0.15) is 0 Å². The lowest BCUT2D eigenvalue weighted by atomic mass is 9.97. The highest BCUT2D eigenvalue weighted by molar-refractivity contribution is 6.35. The number of amides is 2. The molecule has 1 atom stereocenters. The van der Waals surface area contributed by atoms with Gasteiger partial charge in [-0.1, -0.05) is 18.2 Å². The third-order valence-corrected chi connectivity index (χ3v) is 5.80. The van der Waals surface area contributed by atoms with E-state index in [0.29, 0.717) is 41.4 Å². The smallest absolute Gasteiger partial charge is 0.278 e. The van der Waals surface area contributed by atoms with Crippen LogP contribution in [0.1, 0.15) is 37.9 Å². The number of carbonyl (C=O) groups excluding carboxylic acids is 2. The maximum absolute atomic E-state index is 13.5. The zero-order valence-electron chi connectivity index (χ0n) is 18.5. The predicted molar refractivity (Wildman–Crippen MR) is 120 cm³/mol. The fourth-order valence-corrected chi connectivity index (χ4v) is 4.30. The Hall–Kier alpha value is -3.19. The number of aromatic nitrogens is 1. The van der Waals surface area contributed by atoms with Crippen LogP contribution in [0.25, 0.3) is 5.57 Å². The number of rotatable bonds is 7. The minimum absolute atomic E-state index is 0.0444. The molecule has 2 amide bonds. The van der Waals surface area contributed by atoms with E-state index >= 15 is 0 Å². The van der Waals surface area contributed by atoms with Crippen molar-refractivity contribution in [2.24, 2.45) is 5.92 Å². The van der Waals surface area contributed by atoms with E-state index < -0.39 is 0 Å². The van der Waals surface area contributed by atoms with Crippen LogP contribution in [-0.4, -0.2) is 57.5 Å². The van der Waals surface area contributed by atoms with Crippen molar-refractivity contribution >= 4 is 17.4 Å². The van der Waals surface area contributed by atoms with Crippen LogP contribution in [0.4, 0.5) is 0 Å². The molecule has 1 aromatic carbocycles. The van der Waals surface area contributed by atoms with E-state index in [1.807, 2.05) is 49.1 Å². The summed E-state index contributed by atoms with van der Waals surface area (Å²) in [4.78, 5) is 34.5. The Balaban J connectivity index is 1.70. The normalized spacial score (nSPS) is 19.3. The minimum Gasteiger partial charge on any atom is -0.491 e. The van der Waals surface area contributed by atoms with Gasteiger partial charge in [-0.3, -0.25) is 19.5 Å². The number of aliphatic hydroxyl groups excluding tert-OH is 1. The van der Waals surface area contributed by atoms with Crippen molar-refractivity contribution in [1.82, 2.24) is 14.8 Å². The Morgan fingerprint density at radius 3 is 2.56 bits per heavy atom. The molecule has 1 unspecified atom stereocenters. The van der Waals surface area contributed by atoms with Crippen molar-refractivity contribution < 1.29 is 19.4 Å². The average Bonchev–Trinajstić information content (AvgIpc) is 3.05. The van der Waals surface area contributed by atoms with Crippen molar-refractivity contribution in [3.63, 3.8) is 0 Å². The van der Waals surface area contributed by atoms with Crippen molar-refractivity contribution in [2.45, 2.75) is 39.3 Å². The summed E-state index contributed by atoms with van der Waals surface area (Å²) in [5.41, 5.74) is 2.16. The molecule has 1 saturated heterocycles. The van der Waals surface area contributed by atoms with Crippen molar-refractivity contribution in [3.8, 4) is 5.75 Å². The van der Waals surface area contributed by atoms with E-state index in [2.05, 4.69) is 4.98 Å². The Labute approximate surface area is 188 Å². The van der Waals surface area contributed by atoms with Gasteiger partial charge in [0.2, 0.25) is 0 Å². The maximum atomic E-state index is 13.5. The molecule has 1 fully saturated rings. The number of pyridine rings is 1. The van der Waals surface area contributed by atoms with E-state index in [9.17, 15) is 14.7 Å². The monoisotopic (exact) mass is 435 g/mol. The number of aliphatic hydroxyl groups is 1. The van der Waals surface area contributed by atoms with Crippen LogP contribution in [-0.2, 0) is 16.1 Å². The van der Waals surface area contributed by atoms with Crippen LogP contribution in [0.3, 0.4) is 0 Å². The Morgan fingerprint density at radius 2 is 1.91 bits per heavy atom. The lowest BCUT2D eigenvalue weighted by Crippen LogP contribution is -2.40. The summed E-state index contributed by atoms with van der Waals surface area (Å²) >= 11 is 0. The summed E-state index contributed by atoms with van der Waals surface area (Å²) in [7, 11) is 0. The van der Waals surface area contributed by atoms with Crippen molar-refractivity contribution in [1.29, 1.82) is 0 Å². The Kier molecular flexibility index (Phi) is 6.55. The highest BCUT2D eigenvalue weighted by Crippen LogP contribution is 2.35. The summed E-state index contributed by atoms with van der Waals surface area (Å²) in [6, 6.07) is 12.8. The minimum atomic E-state index is -0.320. The molecule has 3 heterocycles. The van der Waals surface area contributed by atoms with Gasteiger partial charge in [-0.15, -0.1) is 0 Å². The number of imide groups is 1. The van der Waals surface area contributed by atoms with Gasteiger partial charge in [0.15, 0.2) is 0 Å². The van der Waals surface area contributed by atoms with Gasteiger partial charge in [-0.05, 0) is 62.4 Å². The zero-order chi connectivity index (χ0) is 22.7. The average molecular weight is 436 g/mol. The number of hydrogen-bond acceptors (Lipinski definition) is 6. The molecule has 0 aliphatic carbocycles.